The van der Waals surface area contributed by atoms with Crippen LogP contribution < -0.4 is 4.87 Å². The number of benzene rings is 1. The first kappa shape index (κ1) is 8.00. The molecule has 1 N–H and O–H groups in total. The zero-order chi connectivity index (χ0) is 9.71. The highest BCUT2D eigenvalue weighted by molar-refractivity contribution is 7.09. The van der Waals surface area contributed by atoms with Crippen molar-refractivity contribution in [2.75, 3.05) is 0 Å². The van der Waals surface area contributed by atoms with Gasteiger partial charge in [-0.15, -0.1) is 0 Å². The second kappa shape index (κ2) is 2.58. The van der Waals surface area contributed by atoms with Crippen LogP contribution in [0.15, 0.2) is 23.0 Å². The van der Waals surface area contributed by atoms with E-state index >= 15 is 0 Å². The van der Waals surface area contributed by atoms with E-state index in [1.807, 2.05) is 0 Å². The summed E-state index contributed by atoms with van der Waals surface area (Å²) < 4.78 is 0. The number of fused-ring (bicyclic) bond motifs is 3. The fourth-order valence-electron chi connectivity index (χ4n) is 1.95. The minimum Gasteiger partial charge on any atom is -0.312 e. The molecular formula is C11H9NOS. The van der Waals surface area contributed by atoms with Crippen molar-refractivity contribution in [2.24, 2.45) is 0 Å². The van der Waals surface area contributed by atoms with Gasteiger partial charge in [-0.2, -0.15) is 0 Å². The Hall–Kier alpha value is -1.35. The van der Waals surface area contributed by atoms with Crippen molar-refractivity contribution in [3.05, 3.63) is 43.9 Å². The highest BCUT2D eigenvalue weighted by Crippen LogP contribution is 2.36. The highest BCUT2D eigenvalue weighted by atomic mass is 32.1. The lowest BCUT2D eigenvalue weighted by Crippen LogP contribution is -1.93. The monoisotopic (exact) mass is 203 g/mol. The fourth-order valence-corrected chi connectivity index (χ4v) is 2.82. The van der Waals surface area contributed by atoms with E-state index in [1.165, 1.54) is 32.9 Å². The van der Waals surface area contributed by atoms with Crippen molar-refractivity contribution >= 4 is 11.3 Å². The van der Waals surface area contributed by atoms with Crippen molar-refractivity contribution in [1.82, 2.24) is 4.98 Å². The number of aryl methyl sites for hydroxylation is 1. The smallest absolute Gasteiger partial charge is 0.305 e. The molecule has 1 aliphatic rings. The Bertz CT molecular complexity index is 565. The SMILES string of the molecule is Cc1ccc2c(c1)-c1[nH]c(=O)sc1C2. The number of nitrogens with one attached hydrogen (secondary N) is 1. The molecule has 3 rings (SSSR count). The summed E-state index contributed by atoms with van der Waals surface area (Å²) in [7, 11) is 0. The number of hydrogen-bond donors (Lipinski definition) is 1. The summed E-state index contributed by atoms with van der Waals surface area (Å²) in [4.78, 5) is 15.3. The lowest BCUT2D eigenvalue weighted by molar-refractivity contribution is 1.30. The van der Waals surface area contributed by atoms with Crippen LogP contribution in [0.2, 0.25) is 0 Å². The highest BCUT2D eigenvalue weighted by Gasteiger charge is 2.21. The minimum atomic E-state index is 0.0576. The van der Waals surface area contributed by atoms with E-state index in [0.29, 0.717) is 0 Å². The first-order valence-electron chi connectivity index (χ1n) is 4.56. The molecule has 2 aromatic rings. The van der Waals surface area contributed by atoms with Crippen LogP contribution >= 0.6 is 11.3 Å². The zero-order valence-corrected chi connectivity index (χ0v) is 8.57. The molecule has 3 heteroatoms. The van der Waals surface area contributed by atoms with Crippen LogP contribution in [0.4, 0.5) is 0 Å². The zero-order valence-electron chi connectivity index (χ0n) is 7.76. The molecule has 0 aliphatic heterocycles. The van der Waals surface area contributed by atoms with Gasteiger partial charge < -0.3 is 4.98 Å². The van der Waals surface area contributed by atoms with Gasteiger partial charge in [-0.05, 0) is 18.6 Å². The van der Waals surface area contributed by atoms with E-state index in [2.05, 4.69) is 30.1 Å². The van der Waals surface area contributed by atoms with Gasteiger partial charge in [0.2, 0.25) is 0 Å². The molecule has 14 heavy (non-hydrogen) atoms. The maximum atomic E-state index is 11.2. The third kappa shape index (κ3) is 0.990. The third-order valence-corrected chi connectivity index (χ3v) is 3.49. The molecule has 0 atom stereocenters. The molecule has 0 saturated carbocycles. The molecule has 0 saturated heterocycles. The van der Waals surface area contributed by atoms with E-state index in [1.54, 1.807) is 0 Å². The molecule has 0 amide bonds. The van der Waals surface area contributed by atoms with Crippen LogP contribution in [-0.4, -0.2) is 4.98 Å². The van der Waals surface area contributed by atoms with Gasteiger partial charge in [0.1, 0.15) is 0 Å². The number of H-pyrrole nitrogens is 1. The van der Waals surface area contributed by atoms with E-state index < -0.39 is 0 Å². The van der Waals surface area contributed by atoms with Crippen molar-refractivity contribution in [1.29, 1.82) is 0 Å². The second-order valence-corrected chi connectivity index (χ2v) is 4.72. The Labute approximate surface area is 85.2 Å². The molecule has 1 aromatic heterocycles. The standard InChI is InChI=1S/C11H9NOS/c1-6-2-3-7-5-9-10(8(7)4-6)12-11(13)14-9/h2-4H,5H2,1H3,(H,12,13). The van der Waals surface area contributed by atoms with E-state index in [4.69, 9.17) is 0 Å². The van der Waals surface area contributed by atoms with Gasteiger partial charge >= 0.3 is 4.87 Å². The third-order valence-electron chi connectivity index (χ3n) is 2.61. The first-order valence-corrected chi connectivity index (χ1v) is 5.37. The van der Waals surface area contributed by atoms with Crippen LogP contribution in [0.1, 0.15) is 16.0 Å². The molecule has 70 valence electrons. The summed E-state index contributed by atoms with van der Waals surface area (Å²) in [5, 5.41) is 0. The molecule has 0 unspecified atom stereocenters. The lowest BCUT2D eigenvalue weighted by atomic mass is 10.1. The van der Waals surface area contributed by atoms with Crippen molar-refractivity contribution in [3.63, 3.8) is 0 Å². The number of aromatic nitrogens is 1. The summed E-state index contributed by atoms with van der Waals surface area (Å²) in [6.45, 7) is 2.07. The molecular weight excluding hydrogens is 194 g/mol. The number of hydrogen-bond acceptors (Lipinski definition) is 2. The first-order chi connectivity index (χ1) is 6.74. The average molecular weight is 203 g/mol. The summed E-state index contributed by atoms with van der Waals surface area (Å²) in [5.41, 5.74) is 4.81. The summed E-state index contributed by atoms with van der Waals surface area (Å²) >= 11 is 1.33. The van der Waals surface area contributed by atoms with Gasteiger partial charge in [0.05, 0.1) is 5.69 Å². The number of rotatable bonds is 0. The predicted octanol–water partition coefficient (Wildman–Crippen LogP) is 2.32. The number of thiazole rings is 1. The summed E-state index contributed by atoms with van der Waals surface area (Å²) in [6, 6.07) is 6.41. The van der Waals surface area contributed by atoms with Crippen LogP contribution in [0, 0.1) is 6.92 Å². The summed E-state index contributed by atoms with van der Waals surface area (Å²) in [5.74, 6) is 0. The van der Waals surface area contributed by atoms with Gasteiger partial charge in [0.15, 0.2) is 0 Å². The molecule has 0 spiro atoms. The predicted molar refractivity (Wildman–Crippen MR) is 57.9 cm³/mol. The van der Waals surface area contributed by atoms with Crippen LogP contribution in [0.3, 0.4) is 0 Å². The van der Waals surface area contributed by atoms with Crippen molar-refractivity contribution in [3.8, 4) is 11.3 Å². The molecule has 0 bridgehead atoms. The van der Waals surface area contributed by atoms with Gasteiger partial charge in [0.25, 0.3) is 0 Å². The molecule has 1 aliphatic carbocycles. The molecule has 2 nitrogen and oxygen atoms in total. The van der Waals surface area contributed by atoms with E-state index in [9.17, 15) is 4.79 Å². The quantitative estimate of drug-likeness (QED) is 0.597. The van der Waals surface area contributed by atoms with Crippen LogP contribution in [-0.2, 0) is 6.42 Å². The maximum absolute atomic E-state index is 11.2. The van der Waals surface area contributed by atoms with Crippen LogP contribution in [0.5, 0.6) is 0 Å². The van der Waals surface area contributed by atoms with E-state index in [-0.39, 0.29) is 4.87 Å². The Balaban J connectivity index is 2.33. The molecule has 1 aromatic carbocycles. The van der Waals surface area contributed by atoms with Gasteiger partial charge in [0, 0.05) is 16.9 Å². The minimum absolute atomic E-state index is 0.0576. The average Bonchev–Trinajstić information content (AvgIpc) is 2.62. The van der Waals surface area contributed by atoms with Gasteiger partial charge in [-0.3, -0.25) is 4.79 Å². The van der Waals surface area contributed by atoms with Gasteiger partial charge in [-0.1, -0.05) is 29.0 Å². The topological polar surface area (TPSA) is 32.9 Å². The molecule has 0 radical (unpaired) electrons. The lowest BCUT2D eigenvalue weighted by Gasteiger charge is -1.99. The Morgan fingerprint density at radius 2 is 2.29 bits per heavy atom. The molecule has 1 heterocycles. The molecule has 0 fully saturated rings. The fraction of sp³-hybridized carbons (Fsp3) is 0.182. The second-order valence-electron chi connectivity index (χ2n) is 3.65. The van der Waals surface area contributed by atoms with Gasteiger partial charge in [-0.25, -0.2) is 0 Å². The van der Waals surface area contributed by atoms with Crippen molar-refractivity contribution in [2.45, 2.75) is 13.3 Å². The Morgan fingerprint density at radius 1 is 1.43 bits per heavy atom. The summed E-state index contributed by atoms with van der Waals surface area (Å²) in [6.07, 6.45) is 0.911. The van der Waals surface area contributed by atoms with Crippen molar-refractivity contribution < 1.29 is 0 Å². The van der Waals surface area contributed by atoms with E-state index in [0.717, 1.165) is 12.1 Å². The van der Waals surface area contributed by atoms with Crippen LogP contribution in [0.25, 0.3) is 11.3 Å². The largest absolute Gasteiger partial charge is 0.312 e. The number of aromatic amines is 1. The normalized spacial score (nSPS) is 12.6. The Morgan fingerprint density at radius 3 is 3.14 bits per heavy atom. The maximum Gasteiger partial charge on any atom is 0.305 e. The Kier molecular flexibility index (Phi) is 1.47.